The van der Waals surface area contributed by atoms with Crippen LogP contribution in [-0.2, 0) is 6.42 Å². The molecule has 0 aliphatic carbocycles. The van der Waals surface area contributed by atoms with Gasteiger partial charge in [-0.1, -0.05) is 24.3 Å². The van der Waals surface area contributed by atoms with Crippen LogP contribution in [0.15, 0.2) is 42.5 Å². The van der Waals surface area contributed by atoms with E-state index in [4.69, 9.17) is 4.74 Å². The lowest BCUT2D eigenvalue weighted by molar-refractivity contribution is 0.361. The number of ether oxygens (including phenoxy) is 1. The maximum absolute atomic E-state index is 14.2. The fraction of sp³-hybridized carbons (Fsp3) is 0.333. The molecule has 1 saturated heterocycles. The third-order valence-electron chi connectivity index (χ3n) is 4.06. The van der Waals surface area contributed by atoms with Crippen LogP contribution in [0.25, 0.3) is 0 Å². The van der Waals surface area contributed by atoms with E-state index >= 15 is 0 Å². The lowest BCUT2D eigenvalue weighted by atomic mass is 9.90. The summed E-state index contributed by atoms with van der Waals surface area (Å²) >= 11 is 0. The van der Waals surface area contributed by atoms with Crippen LogP contribution in [0.4, 0.5) is 8.78 Å². The number of halogens is 2. The molecule has 0 amide bonds. The molecule has 2 aromatic rings. The summed E-state index contributed by atoms with van der Waals surface area (Å²) in [5.74, 6) is -0.232. The van der Waals surface area contributed by atoms with E-state index in [1.807, 2.05) is 6.07 Å². The normalized spacial score (nSPS) is 15.7. The molecule has 1 fully saturated rings. The van der Waals surface area contributed by atoms with Gasteiger partial charge in [0.15, 0.2) is 23.1 Å². The Balaban J connectivity index is 1.84. The van der Waals surface area contributed by atoms with Gasteiger partial charge in [0.25, 0.3) is 0 Å². The van der Waals surface area contributed by atoms with E-state index in [2.05, 4.69) is 5.32 Å². The largest absolute Gasteiger partial charge is 0.451 e. The smallest absolute Gasteiger partial charge is 0.166 e. The van der Waals surface area contributed by atoms with Crippen LogP contribution in [0.3, 0.4) is 0 Å². The highest BCUT2D eigenvalue weighted by molar-refractivity contribution is 5.39. The van der Waals surface area contributed by atoms with Gasteiger partial charge in [0.05, 0.1) is 0 Å². The minimum atomic E-state index is -0.487. The molecule has 0 bridgehead atoms. The van der Waals surface area contributed by atoms with E-state index in [1.165, 1.54) is 18.2 Å². The molecular weight excluding hydrogens is 284 g/mol. The summed E-state index contributed by atoms with van der Waals surface area (Å²) in [5, 5.41) is 3.32. The van der Waals surface area contributed by atoms with Gasteiger partial charge in [-0.3, -0.25) is 0 Å². The molecule has 2 aromatic carbocycles. The quantitative estimate of drug-likeness (QED) is 0.909. The van der Waals surface area contributed by atoms with Crippen LogP contribution in [-0.4, -0.2) is 13.1 Å². The first-order valence-electron chi connectivity index (χ1n) is 7.64. The van der Waals surface area contributed by atoms with E-state index in [0.717, 1.165) is 37.9 Å². The first-order valence-corrected chi connectivity index (χ1v) is 7.64. The minimum absolute atomic E-state index is 0.0548. The molecule has 0 radical (unpaired) electrons. The summed E-state index contributed by atoms with van der Waals surface area (Å²) in [7, 11) is 0. The van der Waals surface area contributed by atoms with Crippen molar-refractivity contribution in [1.82, 2.24) is 5.32 Å². The minimum Gasteiger partial charge on any atom is -0.451 e. The summed E-state index contributed by atoms with van der Waals surface area (Å²) < 4.78 is 33.5. The summed E-state index contributed by atoms with van der Waals surface area (Å²) in [6.07, 6.45) is 2.88. The number of benzene rings is 2. The molecule has 1 aliphatic rings. The molecule has 1 N–H and O–H groups in total. The first-order chi connectivity index (χ1) is 10.7. The van der Waals surface area contributed by atoms with Crippen molar-refractivity contribution >= 4 is 0 Å². The molecular formula is C18H19F2NO. The molecule has 0 aromatic heterocycles. The van der Waals surface area contributed by atoms with Crippen molar-refractivity contribution in [3.05, 3.63) is 59.7 Å². The zero-order valence-electron chi connectivity index (χ0n) is 12.3. The topological polar surface area (TPSA) is 21.3 Å². The molecule has 1 heterocycles. The zero-order chi connectivity index (χ0) is 15.4. The van der Waals surface area contributed by atoms with Crippen LogP contribution in [0.5, 0.6) is 11.5 Å². The zero-order valence-corrected chi connectivity index (χ0v) is 12.3. The molecule has 2 nitrogen and oxygen atoms in total. The molecule has 0 saturated carbocycles. The number of hydrogen-bond donors (Lipinski definition) is 1. The second kappa shape index (κ2) is 6.88. The fourth-order valence-corrected chi connectivity index (χ4v) is 2.86. The number of para-hydroxylation sites is 2. The van der Waals surface area contributed by atoms with Crippen molar-refractivity contribution in [3.8, 4) is 11.5 Å². The summed E-state index contributed by atoms with van der Waals surface area (Å²) in [6.45, 7) is 1.98. The van der Waals surface area contributed by atoms with E-state index in [0.29, 0.717) is 5.92 Å². The molecule has 0 atom stereocenters. The molecule has 0 spiro atoms. The standard InChI is InChI=1S/C18H19F2NO/c19-15-5-1-2-7-17(15)22-18-14(4-3-6-16(18)20)12-13-8-10-21-11-9-13/h1-7,13,21H,8-12H2. The lowest BCUT2D eigenvalue weighted by Gasteiger charge is -2.23. The predicted octanol–water partition coefficient (Wildman–Crippen LogP) is 4.30. The van der Waals surface area contributed by atoms with Crippen molar-refractivity contribution in [2.75, 3.05) is 13.1 Å². The Hall–Kier alpha value is -1.94. The van der Waals surface area contributed by atoms with Gasteiger partial charge in [-0.25, -0.2) is 8.78 Å². The third-order valence-corrected chi connectivity index (χ3v) is 4.06. The number of hydrogen-bond acceptors (Lipinski definition) is 2. The van der Waals surface area contributed by atoms with Gasteiger partial charge in [-0.2, -0.15) is 0 Å². The highest BCUT2D eigenvalue weighted by atomic mass is 19.1. The van der Waals surface area contributed by atoms with Gasteiger partial charge in [0.1, 0.15) is 0 Å². The Bertz CT molecular complexity index is 639. The molecule has 4 heteroatoms. The summed E-state index contributed by atoms with van der Waals surface area (Å²) in [4.78, 5) is 0. The average Bonchev–Trinajstić information content (AvgIpc) is 2.53. The highest BCUT2D eigenvalue weighted by Crippen LogP contribution is 2.32. The second-order valence-electron chi connectivity index (χ2n) is 5.66. The van der Waals surface area contributed by atoms with Crippen LogP contribution >= 0.6 is 0 Å². The lowest BCUT2D eigenvalue weighted by Crippen LogP contribution is -2.28. The maximum Gasteiger partial charge on any atom is 0.166 e. The van der Waals surface area contributed by atoms with Crippen LogP contribution < -0.4 is 10.1 Å². The first kappa shape index (κ1) is 15.0. The number of nitrogens with one attached hydrogen (secondary N) is 1. The predicted molar refractivity (Wildman–Crippen MR) is 82.2 cm³/mol. The second-order valence-corrected chi connectivity index (χ2v) is 5.66. The van der Waals surface area contributed by atoms with Crippen LogP contribution in [0.2, 0.25) is 0 Å². The Morgan fingerprint density at radius 2 is 1.68 bits per heavy atom. The Morgan fingerprint density at radius 3 is 2.45 bits per heavy atom. The molecule has 22 heavy (non-hydrogen) atoms. The van der Waals surface area contributed by atoms with Crippen molar-refractivity contribution < 1.29 is 13.5 Å². The molecule has 1 aliphatic heterocycles. The fourth-order valence-electron chi connectivity index (χ4n) is 2.86. The Morgan fingerprint density at radius 1 is 0.955 bits per heavy atom. The number of rotatable bonds is 4. The van der Waals surface area contributed by atoms with E-state index in [-0.39, 0.29) is 11.5 Å². The van der Waals surface area contributed by atoms with Gasteiger partial charge >= 0.3 is 0 Å². The van der Waals surface area contributed by atoms with Crippen molar-refractivity contribution in [2.45, 2.75) is 19.3 Å². The van der Waals surface area contributed by atoms with E-state index in [1.54, 1.807) is 18.2 Å². The van der Waals surface area contributed by atoms with Gasteiger partial charge in [-0.05, 0) is 62.0 Å². The van der Waals surface area contributed by atoms with E-state index < -0.39 is 11.6 Å². The Kier molecular flexibility index (Phi) is 4.68. The van der Waals surface area contributed by atoms with E-state index in [9.17, 15) is 8.78 Å². The maximum atomic E-state index is 14.2. The van der Waals surface area contributed by atoms with Crippen molar-refractivity contribution in [1.29, 1.82) is 0 Å². The van der Waals surface area contributed by atoms with Gasteiger partial charge in [0, 0.05) is 0 Å². The summed E-state index contributed by atoms with van der Waals surface area (Å²) in [5.41, 5.74) is 0.801. The molecule has 0 unspecified atom stereocenters. The van der Waals surface area contributed by atoms with Crippen molar-refractivity contribution in [2.24, 2.45) is 5.92 Å². The highest BCUT2D eigenvalue weighted by Gasteiger charge is 2.19. The third kappa shape index (κ3) is 3.45. The molecule has 3 rings (SSSR count). The molecule has 116 valence electrons. The van der Waals surface area contributed by atoms with Gasteiger partial charge < -0.3 is 10.1 Å². The van der Waals surface area contributed by atoms with Crippen LogP contribution in [0.1, 0.15) is 18.4 Å². The Labute approximate surface area is 129 Å². The average molecular weight is 303 g/mol. The van der Waals surface area contributed by atoms with Crippen LogP contribution in [0, 0.1) is 17.6 Å². The summed E-state index contributed by atoms with van der Waals surface area (Å²) in [6, 6.07) is 11.0. The van der Waals surface area contributed by atoms with Gasteiger partial charge in [0.2, 0.25) is 0 Å². The number of piperidine rings is 1. The van der Waals surface area contributed by atoms with Crippen molar-refractivity contribution in [3.63, 3.8) is 0 Å². The SMILES string of the molecule is Fc1ccccc1Oc1c(F)cccc1CC1CCNCC1. The van der Waals surface area contributed by atoms with Gasteiger partial charge in [-0.15, -0.1) is 0 Å². The monoisotopic (exact) mass is 303 g/mol.